The number of fused-ring (bicyclic) bond motifs is 5. The molecule has 40 heavy (non-hydrogen) atoms. The van der Waals surface area contributed by atoms with Gasteiger partial charge in [-0.3, -0.25) is 14.4 Å². The minimum Gasteiger partial charge on any atom is -0.457 e. The first-order valence-electron chi connectivity index (χ1n) is 14.2. The number of aliphatic hydroxyl groups excluding tert-OH is 1. The van der Waals surface area contributed by atoms with E-state index in [0.717, 1.165) is 0 Å². The van der Waals surface area contributed by atoms with E-state index in [1.54, 1.807) is 26.8 Å². The molecule has 0 spiro atoms. The summed E-state index contributed by atoms with van der Waals surface area (Å²) >= 11 is 0. The molecule has 0 unspecified atom stereocenters. The number of rotatable bonds is 6. The maximum Gasteiger partial charge on any atom is 0.309 e. The molecular formula is C29H38FNO9. The van der Waals surface area contributed by atoms with Gasteiger partial charge in [-0.2, -0.15) is 0 Å². The lowest BCUT2D eigenvalue weighted by Gasteiger charge is -2.62. The van der Waals surface area contributed by atoms with Crippen LogP contribution in [0.2, 0.25) is 0 Å². The maximum atomic E-state index is 17.3. The molecule has 0 heterocycles. The lowest BCUT2D eigenvalue weighted by atomic mass is 9.44. The monoisotopic (exact) mass is 563 g/mol. The standard InChI is InChI=1S/C29H38FNO9/c1-16-12-22-21-9-6-18-13-19(32)10-11-26(18,2)28(21,30)23(33)14-27(22,3)29(16,36)24(34)15-39-25(35)17-4-7-20(8-5-17)40-31(37)38/h10-11,13,16-17,20-23,33,36H,4-9,12,14-15H2,1-3H3/t16-,17?,20?,21+,22+,23+,26+,27+,28+,29+/m1/s1. The van der Waals surface area contributed by atoms with Gasteiger partial charge in [-0.25, -0.2) is 4.39 Å². The molecule has 10 nitrogen and oxygen atoms in total. The zero-order valence-electron chi connectivity index (χ0n) is 23.1. The fourth-order valence-electron chi connectivity index (χ4n) is 9.03. The van der Waals surface area contributed by atoms with Crippen LogP contribution in [-0.4, -0.2) is 62.9 Å². The van der Waals surface area contributed by atoms with Crippen molar-refractivity contribution in [3.63, 3.8) is 0 Å². The summed E-state index contributed by atoms with van der Waals surface area (Å²) in [4.78, 5) is 53.5. The van der Waals surface area contributed by atoms with Crippen molar-refractivity contribution in [1.82, 2.24) is 0 Å². The lowest BCUT2D eigenvalue weighted by Crippen LogP contribution is -2.69. The molecule has 0 radical (unpaired) electrons. The predicted octanol–water partition coefficient (Wildman–Crippen LogP) is 3.21. The number of ketones is 2. The van der Waals surface area contributed by atoms with E-state index in [1.807, 2.05) is 0 Å². The predicted molar refractivity (Wildman–Crippen MR) is 138 cm³/mol. The molecule has 2 N–H and O–H groups in total. The van der Waals surface area contributed by atoms with E-state index in [9.17, 15) is 34.7 Å². The van der Waals surface area contributed by atoms with Gasteiger partial charge in [0.1, 0.15) is 11.7 Å². The number of halogens is 1. The number of aliphatic hydroxyl groups is 2. The van der Waals surface area contributed by atoms with Gasteiger partial charge in [-0.05, 0) is 82.3 Å². The van der Waals surface area contributed by atoms with Gasteiger partial charge >= 0.3 is 5.97 Å². The highest BCUT2D eigenvalue weighted by atomic mass is 19.1. The summed E-state index contributed by atoms with van der Waals surface area (Å²) in [6, 6.07) is 0. The number of esters is 1. The van der Waals surface area contributed by atoms with Crippen LogP contribution in [0.15, 0.2) is 23.8 Å². The first-order chi connectivity index (χ1) is 18.7. The Bertz CT molecular complexity index is 1180. The molecule has 0 aromatic carbocycles. The van der Waals surface area contributed by atoms with E-state index in [-0.39, 0.29) is 12.2 Å². The molecule has 4 saturated carbocycles. The van der Waals surface area contributed by atoms with Crippen LogP contribution >= 0.6 is 0 Å². The summed E-state index contributed by atoms with van der Waals surface area (Å²) in [6.45, 7) is 4.53. The van der Waals surface area contributed by atoms with E-state index >= 15 is 4.39 Å². The summed E-state index contributed by atoms with van der Waals surface area (Å²) in [5.74, 6) is -3.63. The van der Waals surface area contributed by atoms with Gasteiger partial charge in [0.25, 0.3) is 5.09 Å². The summed E-state index contributed by atoms with van der Waals surface area (Å²) in [5, 5.41) is 33.2. The van der Waals surface area contributed by atoms with Gasteiger partial charge in [-0.15, -0.1) is 10.1 Å². The van der Waals surface area contributed by atoms with Gasteiger partial charge in [0, 0.05) is 16.7 Å². The third-order valence-corrected chi connectivity index (χ3v) is 11.2. The molecule has 0 amide bonds. The van der Waals surface area contributed by atoms with Crippen LogP contribution in [0, 0.1) is 44.6 Å². The number of ether oxygens (including phenoxy) is 1. The number of Topliss-reactive ketones (excluding diaryl/α,β-unsaturated/α-hetero) is 1. The Labute approximate surface area is 232 Å². The molecule has 5 aliphatic rings. The van der Waals surface area contributed by atoms with E-state index < -0.39 is 81.4 Å². The molecule has 0 saturated heterocycles. The Balaban J connectivity index is 1.32. The van der Waals surface area contributed by atoms with Crippen LogP contribution < -0.4 is 0 Å². The Hall–Kier alpha value is -2.66. The summed E-state index contributed by atoms with van der Waals surface area (Å²) in [7, 11) is 0. The van der Waals surface area contributed by atoms with Gasteiger partial charge in [0.2, 0.25) is 5.78 Å². The minimum absolute atomic E-state index is 0.156. The van der Waals surface area contributed by atoms with Gasteiger partial charge in [0.15, 0.2) is 18.1 Å². The first kappa shape index (κ1) is 28.9. The molecule has 4 fully saturated rings. The van der Waals surface area contributed by atoms with Crippen LogP contribution in [0.3, 0.4) is 0 Å². The number of carbonyl (C=O) groups is 3. The number of carbonyl (C=O) groups excluding carboxylic acids is 3. The van der Waals surface area contributed by atoms with Crippen LogP contribution in [0.4, 0.5) is 4.39 Å². The number of nitrogens with zero attached hydrogens (tertiary/aromatic N) is 1. The van der Waals surface area contributed by atoms with Crippen molar-refractivity contribution in [2.24, 2.45) is 34.5 Å². The zero-order valence-corrected chi connectivity index (χ0v) is 23.1. The number of hydrogen-bond donors (Lipinski definition) is 2. The van der Waals surface area contributed by atoms with Crippen LogP contribution in [-0.2, 0) is 24.0 Å². The molecule has 5 aliphatic carbocycles. The van der Waals surface area contributed by atoms with Gasteiger partial charge in [-0.1, -0.05) is 25.5 Å². The summed E-state index contributed by atoms with van der Waals surface area (Å²) in [5.41, 5.74) is -5.68. The first-order valence-corrected chi connectivity index (χ1v) is 14.2. The zero-order chi connectivity index (χ0) is 29.3. The van der Waals surface area contributed by atoms with E-state index in [2.05, 4.69) is 4.84 Å². The Morgan fingerprint density at radius 2 is 1.85 bits per heavy atom. The van der Waals surface area contributed by atoms with Gasteiger partial charge in [0.05, 0.1) is 12.0 Å². The highest BCUT2D eigenvalue weighted by molar-refractivity contribution is 6.01. The van der Waals surface area contributed by atoms with Crippen molar-refractivity contribution in [2.45, 2.75) is 95.6 Å². The molecule has 0 aromatic heterocycles. The Kier molecular flexibility index (Phi) is 7.01. The summed E-state index contributed by atoms with van der Waals surface area (Å²) in [6.07, 6.45) is 4.68. The second-order valence-corrected chi connectivity index (χ2v) is 13.0. The smallest absolute Gasteiger partial charge is 0.309 e. The van der Waals surface area contributed by atoms with Crippen molar-refractivity contribution < 1.29 is 43.6 Å². The van der Waals surface area contributed by atoms with E-state index in [0.29, 0.717) is 50.5 Å². The second kappa shape index (κ2) is 9.72. The average Bonchev–Trinajstić information content (AvgIpc) is 3.10. The number of allylic oxidation sites excluding steroid dienone is 4. The molecule has 0 bridgehead atoms. The molecule has 0 aromatic rings. The van der Waals surface area contributed by atoms with E-state index in [1.165, 1.54) is 12.2 Å². The normalized spacial score (nSPS) is 46.0. The third-order valence-electron chi connectivity index (χ3n) is 11.2. The van der Waals surface area contributed by atoms with Crippen LogP contribution in [0.1, 0.15) is 72.1 Å². The van der Waals surface area contributed by atoms with Crippen molar-refractivity contribution in [3.8, 4) is 0 Å². The van der Waals surface area contributed by atoms with Crippen LogP contribution in [0.25, 0.3) is 0 Å². The molecule has 0 aliphatic heterocycles. The molecule has 8 atom stereocenters. The van der Waals surface area contributed by atoms with E-state index in [4.69, 9.17) is 4.74 Å². The quantitative estimate of drug-likeness (QED) is 0.282. The fourth-order valence-corrected chi connectivity index (χ4v) is 9.03. The third kappa shape index (κ3) is 3.98. The highest BCUT2D eigenvalue weighted by Crippen LogP contribution is 2.70. The molecule has 220 valence electrons. The Morgan fingerprint density at radius 3 is 2.50 bits per heavy atom. The SMILES string of the molecule is C[C@@H]1C[C@H]2[C@@H]3CCC4=CC(=O)C=C[C@]4(C)[C@@]3(F)[C@@H](O)C[C@]2(C)[C@@]1(O)C(=O)COC(=O)C1CCC(O[N+](=O)[O-])CC1. The van der Waals surface area contributed by atoms with Crippen molar-refractivity contribution in [3.05, 3.63) is 33.9 Å². The maximum absolute atomic E-state index is 17.3. The van der Waals surface area contributed by atoms with Crippen molar-refractivity contribution >= 4 is 17.5 Å². The number of alkyl halides is 1. The Morgan fingerprint density at radius 1 is 1.18 bits per heavy atom. The highest BCUT2D eigenvalue weighted by Gasteiger charge is 2.75. The van der Waals surface area contributed by atoms with Crippen molar-refractivity contribution in [2.75, 3.05) is 6.61 Å². The van der Waals surface area contributed by atoms with Crippen molar-refractivity contribution in [1.29, 1.82) is 0 Å². The summed E-state index contributed by atoms with van der Waals surface area (Å²) < 4.78 is 22.6. The molecule has 11 heteroatoms. The second-order valence-electron chi connectivity index (χ2n) is 13.0. The largest absolute Gasteiger partial charge is 0.457 e. The molecule has 5 rings (SSSR count). The molecular weight excluding hydrogens is 525 g/mol. The van der Waals surface area contributed by atoms with Gasteiger partial charge < -0.3 is 19.8 Å². The van der Waals surface area contributed by atoms with Crippen LogP contribution in [0.5, 0.6) is 0 Å². The average molecular weight is 564 g/mol. The lowest BCUT2D eigenvalue weighted by molar-refractivity contribution is -0.769. The topological polar surface area (TPSA) is 153 Å². The number of hydrogen-bond acceptors (Lipinski definition) is 9. The fraction of sp³-hybridized carbons (Fsp3) is 0.759. The minimum atomic E-state index is -2.07.